The van der Waals surface area contributed by atoms with Gasteiger partial charge in [0.15, 0.2) is 5.16 Å². The van der Waals surface area contributed by atoms with Crippen LogP contribution in [0, 0.1) is 0 Å². The van der Waals surface area contributed by atoms with Crippen molar-refractivity contribution in [1.29, 1.82) is 0 Å². The minimum Gasteiger partial charge on any atom is -0.507 e. The molecule has 1 aromatic heterocycles. The first-order chi connectivity index (χ1) is 12.6. The second kappa shape index (κ2) is 8.37. The minimum atomic E-state index is -0.240. The van der Waals surface area contributed by atoms with Crippen molar-refractivity contribution in [3.63, 3.8) is 0 Å². The smallest absolute Gasteiger partial charge is 0.250 e. The zero-order valence-corrected chi connectivity index (χ0v) is 16.4. The standard InChI is InChI=1S/C18H17BrN4O2S/c1-2-23-15-6-4-3-5-14(15)21-18(23)26-11-17(25)22-20-10-12-9-13(19)7-8-16(12)24/h3-10,24H,2,11H2,1H3,(H,22,25)/b20-10-. The molecule has 3 aromatic rings. The number of carbonyl (C=O) groups is 1. The molecule has 0 aliphatic heterocycles. The average molecular weight is 433 g/mol. The van der Waals surface area contributed by atoms with Crippen molar-refractivity contribution < 1.29 is 9.90 Å². The predicted molar refractivity (Wildman–Crippen MR) is 108 cm³/mol. The van der Waals surface area contributed by atoms with Crippen molar-refractivity contribution in [2.75, 3.05) is 5.75 Å². The van der Waals surface area contributed by atoms with Gasteiger partial charge in [0, 0.05) is 16.6 Å². The number of phenolic OH excluding ortho intramolecular Hbond substituents is 1. The lowest BCUT2D eigenvalue weighted by Crippen LogP contribution is -2.20. The van der Waals surface area contributed by atoms with Crippen LogP contribution in [0.15, 0.2) is 57.2 Å². The zero-order valence-electron chi connectivity index (χ0n) is 14.0. The Morgan fingerprint density at radius 2 is 2.19 bits per heavy atom. The van der Waals surface area contributed by atoms with Gasteiger partial charge in [-0.15, -0.1) is 0 Å². The van der Waals surface area contributed by atoms with Crippen molar-refractivity contribution in [3.05, 3.63) is 52.5 Å². The van der Waals surface area contributed by atoms with E-state index in [-0.39, 0.29) is 17.4 Å². The molecule has 0 spiro atoms. The number of amides is 1. The lowest BCUT2D eigenvalue weighted by molar-refractivity contribution is -0.118. The number of nitrogens with one attached hydrogen (secondary N) is 1. The van der Waals surface area contributed by atoms with Crippen LogP contribution in [0.4, 0.5) is 0 Å². The second-order valence-electron chi connectivity index (χ2n) is 5.41. The number of phenols is 1. The molecule has 1 amide bonds. The summed E-state index contributed by atoms with van der Waals surface area (Å²) in [6.45, 7) is 2.83. The second-order valence-corrected chi connectivity index (χ2v) is 7.27. The molecule has 0 unspecified atom stereocenters. The largest absolute Gasteiger partial charge is 0.507 e. The molecule has 0 atom stereocenters. The molecule has 1 heterocycles. The molecule has 2 N–H and O–H groups in total. The monoisotopic (exact) mass is 432 g/mol. The van der Waals surface area contributed by atoms with Crippen LogP contribution in [-0.4, -0.2) is 32.5 Å². The van der Waals surface area contributed by atoms with Crippen LogP contribution in [0.25, 0.3) is 11.0 Å². The summed E-state index contributed by atoms with van der Waals surface area (Å²) >= 11 is 4.69. The molecule has 0 saturated carbocycles. The number of thioether (sulfide) groups is 1. The fourth-order valence-corrected chi connectivity index (χ4v) is 3.68. The number of halogens is 1. The number of fused-ring (bicyclic) bond motifs is 1. The van der Waals surface area contributed by atoms with Gasteiger partial charge in [0.2, 0.25) is 0 Å². The molecule has 6 nitrogen and oxygen atoms in total. The van der Waals surface area contributed by atoms with Crippen LogP contribution >= 0.6 is 27.7 Å². The maximum absolute atomic E-state index is 12.0. The van der Waals surface area contributed by atoms with E-state index in [1.54, 1.807) is 18.2 Å². The molecule has 0 radical (unpaired) electrons. The Hall–Kier alpha value is -2.32. The maximum Gasteiger partial charge on any atom is 0.250 e. The van der Waals surface area contributed by atoms with Gasteiger partial charge in [-0.25, -0.2) is 10.4 Å². The number of hydrogen-bond acceptors (Lipinski definition) is 5. The number of imidazole rings is 1. The number of nitrogens with zero attached hydrogens (tertiary/aromatic N) is 3. The van der Waals surface area contributed by atoms with Gasteiger partial charge in [-0.2, -0.15) is 5.10 Å². The fraction of sp³-hybridized carbons (Fsp3) is 0.167. The normalized spacial score (nSPS) is 11.3. The van der Waals surface area contributed by atoms with Crippen LogP contribution in [-0.2, 0) is 11.3 Å². The van der Waals surface area contributed by atoms with Gasteiger partial charge in [0.1, 0.15) is 5.75 Å². The molecule has 26 heavy (non-hydrogen) atoms. The lowest BCUT2D eigenvalue weighted by Gasteiger charge is -2.05. The number of aryl methyl sites for hydroxylation is 1. The number of rotatable bonds is 6. The van der Waals surface area contributed by atoms with E-state index in [0.29, 0.717) is 5.56 Å². The van der Waals surface area contributed by atoms with Gasteiger partial charge < -0.3 is 9.67 Å². The van der Waals surface area contributed by atoms with E-state index in [1.807, 2.05) is 31.2 Å². The summed E-state index contributed by atoms with van der Waals surface area (Å²) in [5.74, 6) is 0.0539. The van der Waals surface area contributed by atoms with Crippen molar-refractivity contribution in [1.82, 2.24) is 15.0 Å². The number of para-hydroxylation sites is 2. The minimum absolute atomic E-state index is 0.0947. The first-order valence-corrected chi connectivity index (χ1v) is 9.75. The van der Waals surface area contributed by atoms with Crippen molar-refractivity contribution >= 4 is 50.8 Å². The summed E-state index contributed by atoms with van der Waals surface area (Å²) in [5.41, 5.74) is 4.95. The van der Waals surface area contributed by atoms with E-state index in [0.717, 1.165) is 27.2 Å². The van der Waals surface area contributed by atoms with Gasteiger partial charge in [-0.1, -0.05) is 39.8 Å². The highest BCUT2D eigenvalue weighted by molar-refractivity contribution is 9.10. The topological polar surface area (TPSA) is 79.5 Å². The highest BCUT2D eigenvalue weighted by Gasteiger charge is 2.11. The van der Waals surface area contributed by atoms with Gasteiger partial charge in [-0.05, 0) is 37.3 Å². The number of benzene rings is 2. The van der Waals surface area contributed by atoms with Gasteiger partial charge in [0.05, 0.1) is 23.0 Å². The van der Waals surface area contributed by atoms with Crippen LogP contribution in [0.5, 0.6) is 5.75 Å². The zero-order chi connectivity index (χ0) is 18.5. The van der Waals surface area contributed by atoms with Gasteiger partial charge in [0.25, 0.3) is 5.91 Å². The Morgan fingerprint density at radius 3 is 3.00 bits per heavy atom. The predicted octanol–water partition coefficient (Wildman–Crippen LogP) is 3.77. The summed E-state index contributed by atoms with van der Waals surface area (Å²) in [7, 11) is 0. The SMILES string of the molecule is CCn1c(SCC(=O)N/N=C\c2cc(Br)ccc2O)nc2ccccc21. The van der Waals surface area contributed by atoms with E-state index in [1.165, 1.54) is 18.0 Å². The molecular weight excluding hydrogens is 416 g/mol. The molecule has 8 heteroatoms. The number of aromatic nitrogens is 2. The first-order valence-electron chi connectivity index (χ1n) is 7.97. The lowest BCUT2D eigenvalue weighted by atomic mass is 10.2. The Kier molecular flexibility index (Phi) is 5.95. The van der Waals surface area contributed by atoms with Gasteiger partial charge in [-0.3, -0.25) is 4.79 Å². The molecule has 3 rings (SSSR count). The summed E-state index contributed by atoms with van der Waals surface area (Å²) in [6, 6.07) is 12.9. The van der Waals surface area contributed by atoms with E-state index < -0.39 is 0 Å². The van der Waals surface area contributed by atoms with E-state index in [2.05, 4.69) is 36.0 Å². The molecule has 0 fully saturated rings. The quantitative estimate of drug-likeness (QED) is 0.353. The van der Waals surface area contributed by atoms with Crippen molar-refractivity contribution in [3.8, 4) is 5.75 Å². The number of aromatic hydroxyl groups is 1. The molecule has 0 saturated heterocycles. The van der Waals surface area contributed by atoms with E-state index in [4.69, 9.17) is 0 Å². The third kappa shape index (κ3) is 4.25. The molecule has 0 aliphatic carbocycles. The molecule has 0 aliphatic rings. The van der Waals surface area contributed by atoms with Crippen molar-refractivity contribution in [2.24, 2.45) is 5.10 Å². The summed E-state index contributed by atoms with van der Waals surface area (Å²) in [4.78, 5) is 16.6. The van der Waals surface area contributed by atoms with Crippen LogP contribution in [0.1, 0.15) is 12.5 Å². The summed E-state index contributed by atoms with van der Waals surface area (Å²) in [6.07, 6.45) is 1.41. The molecule has 2 aromatic carbocycles. The fourth-order valence-electron chi connectivity index (χ4n) is 2.43. The Labute approximate surface area is 163 Å². The average Bonchev–Trinajstić information content (AvgIpc) is 3.00. The third-order valence-corrected chi connectivity index (χ3v) is 5.12. The highest BCUT2D eigenvalue weighted by Crippen LogP contribution is 2.24. The van der Waals surface area contributed by atoms with Crippen LogP contribution < -0.4 is 5.43 Å². The third-order valence-electron chi connectivity index (χ3n) is 3.65. The molecule has 0 bridgehead atoms. The molecular formula is C18H17BrN4O2S. The number of carbonyl (C=O) groups excluding carboxylic acids is 1. The van der Waals surface area contributed by atoms with E-state index >= 15 is 0 Å². The van der Waals surface area contributed by atoms with Crippen molar-refractivity contribution in [2.45, 2.75) is 18.6 Å². The number of hydrazone groups is 1. The number of hydrogen-bond donors (Lipinski definition) is 2. The first kappa shape index (κ1) is 18.5. The Bertz CT molecular complexity index is 971. The summed E-state index contributed by atoms with van der Waals surface area (Å²) in [5, 5.41) is 14.4. The maximum atomic E-state index is 12.0. The van der Waals surface area contributed by atoms with Crippen LogP contribution in [0.2, 0.25) is 0 Å². The van der Waals surface area contributed by atoms with Crippen LogP contribution in [0.3, 0.4) is 0 Å². The molecule has 134 valence electrons. The Morgan fingerprint density at radius 1 is 1.38 bits per heavy atom. The van der Waals surface area contributed by atoms with Gasteiger partial charge >= 0.3 is 0 Å². The van der Waals surface area contributed by atoms with E-state index in [9.17, 15) is 9.90 Å². The Balaban J connectivity index is 1.61. The highest BCUT2D eigenvalue weighted by atomic mass is 79.9. The summed E-state index contributed by atoms with van der Waals surface area (Å²) < 4.78 is 2.90.